The first-order valence-electron chi connectivity index (χ1n) is 11.5. The number of alkyl halides is 3. The van der Waals surface area contributed by atoms with Crippen molar-refractivity contribution in [2.75, 3.05) is 25.0 Å². The largest absolute Gasteiger partial charge is 0.491 e. The molecule has 0 atom stereocenters. The molecule has 38 heavy (non-hydrogen) atoms. The lowest BCUT2D eigenvalue weighted by Crippen LogP contribution is -2.34. The third-order valence-electron chi connectivity index (χ3n) is 5.84. The van der Waals surface area contributed by atoms with Gasteiger partial charge in [-0.15, -0.1) is 0 Å². The zero-order chi connectivity index (χ0) is 27.3. The number of hydrogen-bond donors (Lipinski definition) is 2. The number of nitrogens with zero attached hydrogens (tertiary/aromatic N) is 2. The summed E-state index contributed by atoms with van der Waals surface area (Å²) >= 11 is 0. The molecule has 2 amide bonds. The number of aromatic nitrogens is 2. The number of hydrogen-bond acceptors (Lipinski definition) is 4. The number of ether oxygens (including phenoxy) is 1. The molecule has 2 heterocycles. The zero-order valence-electron chi connectivity index (χ0n) is 19.7. The second-order valence-corrected chi connectivity index (χ2v) is 8.61. The van der Waals surface area contributed by atoms with E-state index in [0.29, 0.717) is 25.4 Å². The van der Waals surface area contributed by atoms with E-state index >= 15 is 0 Å². The van der Waals surface area contributed by atoms with E-state index in [1.165, 1.54) is 18.2 Å². The molecule has 2 aromatic carbocycles. The number of halogens is 5. The molecule has 1 aliphatic rings. The van der Waals surface area contributed by atoms with Crippen LogP contribution in [0.3, 0.4) is 0 Å². The number of anilines is 1. The van der Waals surface area contributed by atoms with Crippen molar-refractivity contribution in [3.63, 3.8) is 0 Å². The highest BCUT2D eigenvalue weighted by Gasteiger charge is 2.33. The molecule has 1 fully saturated rings. The highest BCUT2D eigenvalue weighted by atomic mass is 19.4. The van der Waals surface area contributed by atoms with Crippen LogP contribution in [-0.4, -0.2) is 46.9 Å². The predicted molar refractivity (Wildman–Crippen MR) is 127 cm³/mol. The summed E-state index contributed by atoms with van der Waals surface area (Å²) < 4.78 is 71.7. The molecule has 4 rings (SSSR count). The zero-order valence-corrected chi connectivity index (χ0v) is 19.7. The minimum Gasteiger partial charge on any atom is -0.491 e. The number of H-pyrrole nitrogens is 1. The van der Waals surface area contributed by atoms with Crippen molar-refractivity contribution in [1.29, 1.82) is 0 Å². The molecule has 0 aliphatic carbocycles. The Hall–Kier alpha value is -4.40. The minimum absolute atomic E-state index is 0.0557. The number of amides is 2. The number of rotatable bonds is 6. The van der Waals surface area contributed by atoms with Crippen molar-refractivity contribution in [1.82, 2.24) is 14.9 Å². The van der Waals surface area contributed by atoms with Crippen LogP contribution in [-0.2, 0) is 15.8 Å². The van der Waals surface area contributed by atoms with E-state index in [0.717, 1.165) is 31.4 Å². The highest BCUT2D eigenvalue weighted by molar-refractivity contribution is 6.05. The maximum absolute atomic E-state index is 13.4. The molecule has 7 nitrogen and oxygen atoms in total. The summed E-state index contributed by atoms with van der Waals surface area (Å²) in [7, 11) is 0. The summed E-state index contributed by atoms with van der Waals surface area (Å²) in [4.78, 5) is 31.1. The van der Waals surface area contributed by atoms with Crippen LogP contribution in [0, 0.1) is 29.4 Å². The van der Waals surface area contributed by atoms with E-state index in [9.17, 15) is 31.5 Å². The van der Waals surface area contributed by atoms with Crippen molar-refractivity contribution in [3.05, 3.63) is 65.5 Å². The molecule has 2 N–H and O–H groups in total. The van der Waals surface area contributed by atoms with Crippen LogP contribution in [0.25, 0.3) is 11.4 Å². The van der Waals surface area contributed by atoms with Gasteiger partial charge in [-0.25, -0.2) is 13.8 Å². The average Bonchev–Trinajstić information content (AvgIpc) is 3.38. The van der Waals surface area contributed by atoms with Gasteiger partial charge in [-0.2, -0.15) is 13.2 Å². The summed E-state index contributed by atoms with van der Waals surface area (Å²) in [6, 6.07) is 6.94. The number of piperidine rings is 1. The first-order chi connectivity index (χ1) is 18.1. The second kappa shape index (κ2) is 11.3. The highest BCUT2D eigenvalue weighted by Crippen LogP contribution is 2.33. The van der Waals surface area contributed by atoms with Crippen LogP contribution in [0.1, 0.15) is 24.1 Å². The predicted octanol–water partition coefficient (Wildman–Crippen LogP) is 4.61. The average molecular weight is 532 g/mol. The van der Waals surface area contributed by atoms with Crippen molar-refractivity contribution in [2.24, 2.45) is 5.92 Å². The number of carbonyl (C=O) groups excluding carboxylic acids is 2. The van der Waals surface area contributed by atoms with Crippen molar-refractivity contribution < 1.29 is 36.3 Å². The lowest BCUT2D eigenvalue weighted by atomic mass is 9.98. The van der Waals surface area contributed by atoms with Crippen LogP contribution < -0.4 is 10.1 Å². The number of likely N-dealkylation sites (tertiary alicyclic amines) is 1. The van der Waals surface area contributed by atoms with Gasteiger partial charge in [0.2, 0.25) is 6.41 Å². The smallest absolute Gasteiger partial charge is 0.432 e. The Bertz CT molecular complexity index is 1370. The quantitative estimate of drug-likeness (QED) is 0.276. The monoisotopic (exact) mass is 532 g/mol. The molecule has 0 radical (unpaired) electrons. The molecule has 1 saturated heterocycles. The Morgan fingerprint density at radius 1 is 1.16 bits per heavy atom. The minimum atomic E-state index is -4.61. The fourth-order valence-corrected chi connectivity index (χ4v) is 3.85. The van der Waals surface area contributed by atoms with Crippen LogP contribution in [0.4, 0.5) is 27.6 Å². The Balaban J connectivity index is 1.56. The molecule has 0 spiro atoms. The number of imidazole rings is 1. The van der Waals surface area contributed by atoms with E-state index in [2.05, 4.69) is 27.1 Å². The summed E-state index contributed by atoms with van der Waals surface area (Å²) in [6.07, 6.45) is -1.72. The molecule has 198 valence electrons. The molecular weight excluding hydrogens is 511 g/mol. The topological polar surface area (TPSA) is 87.3 Å². The van der Waals surface area contributed by atoms with Gasteiger partial charge in [-0.05, 0) is 49.1 Å². The third-order valence-corrected chi connectivity index (χ3v) is 5.84. The molecule has 3 aromatic rings. The van der Waals surface area contributed by atoms with Gasteiger partial charge in [0.1, 0.15) is 28.9 Å². The summed E-state index contributed by atoms with van der Waals surface area (Å²) in [6.45, 7) is 1.47. The number of nitrogens with one attached hydrogen (secondary N) is 2. The molecule has 1 aromatic heterocycles. The van der Waals surface area contributed by atoms with Crippen molar-refractivity contribution in [2.45, 2.75) is 19.0 Å². The van der Waals surface area contributed by atoms with E-state index < -0.39 is 29.4 Å². The Morgan fingerprint density at radius 2 is 1.87 bits per heavy atom. The standard InChI is InChI=1S/C26H21F5N4O3/c27-19-9-17(10-20(28)12-19)1-4-24(37)33-21-11-18(25-32-13-23(34-25)26(29,30)31)2-3-22(21)38-14-16-5-7-35(15-36)8-6-16/h2-3,9-13,15-16H,5-8,14H2,(H,32,34)(H,33,37). The molecule has 0 unspecified atom stereocenters. The third kappa shape index (κ3) is 6.88. The van der Waals surface area contributed by atoms with E-state index in [1.807, 2.05) is 0 Å². The van der Waals surface area contributed by atoms with Gasteiger partial charge >= 0.3 is 12.1 Å². The van der Waals surface area contributed by atoms with Crippen LogP contribution in [0.15, 0.2) is 42.6 Å². The Kier molecular flexibility index (Phi) is 7.95. The lowest BCUT2D eigenvalue weighted by Gasteiger charge is -2.29. The van der Waals surface area contributed by atoms with Gasteiger partial charge in [0, 0.05) is 36.2 Å². The van der Waals surface area contributed by atoms with Crippen molar-refractivity contribution in [3.8, 4) is 29.0 Å². The van der Waals surface area contributed by atoms with Crippen LogP contribution >= 0.6 is 0 Å². The SMILES string of the molecule is O=CN1CCC(COc2ccc(-c3ncc(C(F)(F)F)[nH]3)cc2NC(=O)C#Cc2cc(F)cc(F)c2)CC1. The molecule has 1 aliphatic heterocycles. The Morgan fingerprint density at radius 3 is 2.50 bits per heavy atom. The second-order valence-electron chi connectivity index (χ2n) is 8.61. The van der Waals surface area contributed by atoms with Crippen LogP contribution in [0.5, 0.6) is 5.75 Å². The summed E-state index contributed by atoms with van der Waals surface area (Å²) in [5.41, 5.74) is -0.738. The van der Waals surface area contributed by atoms with Crippen LogP contribution in [0.2, 0.25) is 0 Å². The van der Waals surface area contributed by atoms with Gasteiger partial charge in [0.05, 0.1) is 18.5 Å². The maximum Gasteiger partial charge on any atom is 0.432 e. The summed E-state index contributed by atoms with van der Waals surface area (Å²) in [5, 5.41) is 2.52. The number of benzene rings is 2. The first kappa shape index (κ1) is 26.7. The fraction of sp³-hybridized carbons (Fsp3) is 0.269. The Labute approximate surface area is 214 Å². The normalized spacial score (nSPS) is 14.0. The van der Waals surface area contributed by atoms with E-state index in [4.69, 9.17) is 4.74 Å². The molecule has 12 heteroatoms. The van der Waals surface area contributed by atoms with Gasteiger partial charge in [0.15, 0.2) is 0 Å². The maximum atomic E-state index is 13.4. The fourth-order valence-electron chi connectivity index (χ4n) is 3.85. The number of aromatic amines is 1. The lowest BCUT2D eigenvalue weighted by molar-refractivity contribution is -0.140. The van der Waals surface area contributed by atoms with Gasteiger partial charge in [-0.3, -0.25) is 9.59 Å². The van der Waals surface area contributed by atoms with Gasteiger partial charge < -0.3 is 19.9 Å². The summed E-state index contributed by atoms with van der Waals surface area (Å²) in [5.74, 6) is 2.35. The number of carbonyl (C=O) groups is 2. The van der Waals surface area contributed by atoms with E-state index in [-0.39, 0.29) is 40.9 Å². The first-order valence-corrected chi connectivity index (χ1v) is 11.5. The van der Waals surface area contributed by atoms with Gasteiger partial charge in [0.25, 0.3) is 0 Å². The van der Waals surface area contributed by atoms with Gasteiger partial charge in [-0.1, -0.05) is 5.92 Å². The molecule has 0 saturated carbocycles. The molecular formula is C26H21F5N4O3. The van der Waals surface area contributed by atoms with E-state index in [1.54, 1.807) is 4.90 Å². The van der Waals surface area contributed by atoms with Crippen molar-refractivity contribution >= 4 is 18.0 Å². The molecule has 0 bridgehead atoms.